The van der Waals surface area contributed by atoms with Crippen molar-refractivity contribution in [2.45, 2.75) is 26.7 Å². The zero-order chi connectivity index (χ0) is 24.1. The van der Waals surface area contributed by atoms with Gasteiger partial charge in [-0.3, -0.25) is 14.6 Å². The zero-order valence-electron chi connectivity index (χ0n) is 20.4. The molecule has 1 aromatic heterocycles. The van der Waals surface area contributed by atoms with Crippen LogP contribution in [0.15, 0.2) is 30.3 Å². The summed E-state index contributed by atoms with van der Waals surface area (Å²) in [5.41, 5.74) is 4.10. The van der Waals surface area contributed by atoms with Crippen LogP contribution >= 0.6 is 11.3 Å². The van der Waals surface area contributed by atoms with Crippen LogP contribution in [0.4, 0.5) is 5.13 Å². The van der Waals surface area contributed by atoms with Crippen molar-refractivity contribution in [2.75, 3.05) is 58.5 Å². The van der Waals surface area contributed by atoms with E-state index in [1.165, 1.54) is 16.9 Å². The van der Waals surface area contributed by atoms with Crippen molar-refractivity contribution >= 4 is 32.6 Å². The summed E-state index contributed by atoms with van der Waals surface area (Å²) in [4.78, 5) is 22.7. The number of carbonyl (C=O) groups is 1. The highest BCUT2D eigenvalue weighted by atomic mass is 32.1. The van der Waals surface area contributed by atoms with Gasteiger partial charge in [0.05, 0.1) is 33.9 Å². The SMILES string of the molecule is COc1ccc(OC)c2sc(N(CCCN3CCOCC3)C(=O)Cc3ccc(C)cc3C)nc12. The topological polar surface area (TPSA) is 64.1 Å². The van der Waals surface area contributed by atoms with E-state index in [1.54, 1.807) is 14.2 Å². The standard InChI is InChI=1S/C26H33N3O4S/c1-18-6-7-20(19(2)16-18)17-23(30)29(11-5-10-28-12-14-33-15-13-28)26-27-24-21(31-3)8-9-22(32-4)25(24)34-26/h6-9,16H,5,10-15,17H2,1-4H3. The fourth-order valence-corrected chi connectivity index (χ4v) is 5.41. The molecule has 2 heterocycles. The highest BCUT2D eigenvalue weighted by Crippen LogP contribution is 2.40. The first-order chi connectivity index (χ1) is 16.5. The van der Waals surface area contributed by atoms with Crippen molar-refractivity contribution < 1.29 is 19.0 Å². The first-order valence-corrected chi connectivity index (χ1v) is 12.5. The Hall–Kier alpha value is -2.68. The fourth-order valence-electron chi connectivity index (χ4n) is 4.30. The lowest BCUT2D eigenvalue weighted by atomic mass is 10.0. The molecule has 1 saturated heterocycles. The van der Waals surface area contributed by atoms with Gasteiger partial charge in [0.25, 0.3) is 0 Å². The Morgan fingerprint density at radius 2 is 1.85 bits per heavy atom. The van der Waals surface area contributed by atoms with E-state index in [-0.39, 0.29) is 5.91 Å². The molecule has 1 fully saturated rings. The second kappa shape index (κ2) is 11.2. The van der Waals surface area contributed by atoms with Gasteiger partial charge in [-0.05, 0) is 43.5 Å². The number of aryl methyl sites for hydroxylation is 2. The van der Waals surface area contributed by atoms with Crippen molar-refractivity contribution in [3.8, 4) is 11.5 Å². The number of carbonyl (C=O) groups excluding carboxylic acids is 1. The van der Waals surface area contributed by atoms with Gasteiger partial charge < -0.3 is 14.2 Å². The maximum absolute atomic E-state index is 13.6. The van der Waals surface area contributed by atoms with E-state index in [0.717, 1.165) is 66.4 Å². The molecule has 1 amide bonds. The van der Waals surface area contributed by atoms with Crippen LogP contribution in [0.2, 0.25) is 0 Å². The molecule has 8 heteroatoms. The molecule has 0 bridgehead atoms. The van der Waals surface area contributed by atoms with Crippen molar-refractivity contribution in [3.05, 3.63) is 47.0 Å². The molecular weight excluding hydrogens is 450 g/mol. The number of nitrogens with zero attached hydrogens (tertiary/aromatic N) is 3. The van der Waals surface area contributed by atoms with E-state index >= 15 is 0 Å². The Labute approximate surface area is 205 Å². The van der Waals surface area contributed by atoms with Gasteiger partial charge in [-0.25, -0.2) is 4.98 Å². The van der Waals surface area contributed by atoms with E-state index in [0.29, 0.717) is 23.8 Å². The number of anilines is 1. The third-order valence-electron chi connectivity index (χ3n) is 6.23. The number of morpholine rings is 1. The third kappa shape index (κ3) is 5.51. The molecule has 0 spiro atoms. The van der Waals surface area contributed by atoms with Crippen LogP contribution in [-0.4, -0.2) is 69.4 Å². The van der Waals surface area contributed by atoms with Crippen LogP contribution in [0.25, 0.3) is 10.2 Å². The number of benzene rings is 2. The maximum atomic E-state index is 13.6. The number of hydrogen-bond acceptors (Lipinski definition) is 7. The number of amides is 1. The van der Waals surface area contributed by atoms with Crippen molar-refractivity contribution in [2.24, 2.45) is 0 Å². The van der Waals surface area contributed by atoms with Crippen LogP contribution in [0.3, 0.4) is 0 Å². The van der Waals surface area contributed by atoms with Crippen molar-refractivity contribution in [1.82, 2.24) is 9.88 Å². The van der Waals surface area contributed by atoms with Crippen LogP contribution < -0.4 is 14.4 Å². The molecule has 0 N–H and O–H groups in total. The second-order valence-electron chi connectivity index (χ2n) is 8.60. The molecule has 0 atom stereocenters. The molecule has 0 radical (unpaired) electrons. The summed E-state index contributed by atoms with van der Waals surface area (Å²) in [6.45, 7) is 9.07. The smallest absolute Gasteiger partial charge is 0.233 e. The molecule has 0 saturated carbocycles. The van der Waals surface area contributed by atoms with E-state index in [2.05, 4.69) is 36.9 Å². The molecule has 1 aliphatic heterocycles. The number of aromatic nitrogens is 1. The lowest BCUT2D eigenvalue weighted by Crippen LogP contribution is -2.39. The fraction of sp³-hybridized carbons (Fsp3) is 0.462. The van der Waals surface area contributed by atoms with Gasteiger partial charge >= 0.3 is 0 Å². The van der Waals surface area contributed by atoms with Crippen molar-refractivity contribution in [3.63, 3.8) is 0 Å². The average Bonchev–Trinajstić information content (AvgIpc) is 3.28. The summed E-state index contributed by atoms with van der Waals surface area (Å²) in [5.74, 6) is 1.45. The van der Waals surface area contributed by atoms with Gasteiger partial charge in [0.1, 0.15) is 21.7 Å². The predicted octanol–water partition coefficient (Wildman–Crippen LogP) is 4.23. The summed E-state index contributed by atoms with van der Waals surface area (Å²) >= 11 is 1.47. The van der Waals surface area contributed by atoms with E-state index in [9.17, 15) is 4.79 Å². The Morgan fingerprint density at radius 3 is 2.56 bits per heavy atom. The number of methoxy groups -OCH3 is 2. The number of ether oxygens (including phenoxy) is 3. The van der Waals surface area contributed by atoms with Gasteiger partial charge in [0.15, 0.2) is 5.13 Å². The van der Waals surface area contributed by atoms with Crippen molar-refractivity contribution in [1.29, 1.82) is 0 Å². The molecule has 182 valence electrons. The zero-order valence-corrected chi connectivity index (χ0v) is 21.2. The van der Waals surface area contributed by atoms with E-state index in [1.807, 2.05) is 17.0 Å². The summed E-state index contributed by atoms with van der Waals surface area (Å²) in [6.07, 6.45) is 1.21. The molecule has 4 rings (SSSR count). The molecule has 0 unspecified atom stereocenters. The lowest BCUT2D eigenvalue weighted by Gasteiger charge is -2.27. The summed E-state index contributed by atoms with van der Waals surface area (Å²) in [6, 6.07) is 9.97. The normalized spacial score (nSPS) is 14.4. The number of fused-ring (bicyclic) bond motifs is 1. The average molecular weight is 484 g/mol. The van der Waals surface area contributed by atoms with Gasteiger partial charge in [0.2, 0.25) is 5.91 Å². The number of hydrogen-bond donors (Lipinski definition) is 0. The van der Waals surface area contributed by atoms with Crippen LogP contribution in [-0.2, 0) is 16.0 Å². The molecule has 34 heavy (non-hydrogen) atoms. The molecule has 3 aromatic rings. The Morgan fingerprint density at radius 1 is 1.12 bits per heavy atom. The lowest BCUT2D eigenvalue weighted by molar-refractivity contribution is -0.118. The minimum atomic E-state index is 0.0471. The van der Waals surface area contributed by atoms with E-state index in [4.69, 9.17) is 19.2 Å². The van der Waals surface area contributed by atoms with Crippen LogP contribution in [0.5, 0.6) is 11.5 Å². The quantitative estimate of drug-likeness (QED) is 0.454. The van der Waals surface area contributed by atoms with Crippen LogP contribution in [0.1, 0.15) is 23.1 Å². The third-order valence-corrected chi connectivity index (χ3v) is 7.32. The minimum Gasteiger partial charge on any atom is -0.495 e. The Kier molecular flexibility index (Phi) is 8.03. The molecule has 0 aliphatic carbocycles. The first kappa shape index (κ1) is 24.4. The van der Waals surface area contributed by atoms with Crippen LogP contribution in [0, 0.1) is 13.8 Å². The Bertz CT molecular complexity index is 1100. The van der Waals surface area contributed by atoms with Gasteiger partial charge in [-0.2, -0.15) is 0 Å². The van der Waals surface area contributed by atoms with Gasteiger partial charge in [0, 0.05) is 26.2 Å². The largest absolute Gasteiger partial charge is 0.495 e. The minimum absolute atomic E-state index is 0.0471. The predicted molar refractivity (Wildman–Crippen MR) is 137 cm³/mol. The summed E-state index contributed by atoms with van der Waals surface area (Å²) in [7, 11) is 3.28. The van der Waals surface area contributed by atoms with Gasteiger partial charge in [-0.15, -0.1) is 0 Å². The summed E-state index contributed by atoms with van der Waals surface area (Å²) in [5, 5.41) is 0.676. The monoisotopic (exact) mass is 483 g/mol. The second-order valence-corrected chi connectivity index (χ2v) is 9.58. The highest BCUT2D eigenvalue weighted by Gasteiger charge is 2.23. The number of rotatable bonds is 9. The molecule has 2 aromatic carbocycles. The van der Waals surface area contributed by atoms with Gasteiger partial charge in [-0.1, -0.05) is 35.1 Å². The Balaban J connectivity index is 1.61. The highest BCUT2D eigenvalue weighted by molar-refractivity contribution is 7.22. The molecular formula is C26H33N3O4S. The number of thiazole rings is 1. The molecule has 7 nitrogen and oxygen atoms in total. The molecule has 1 aliphatic rings. The summed E-state index contributed by atoms with van der Waals surface area (Å²) < 4.78 is 17.4. The maximum Gasteiger partial charge on any atom is 0.233 e. The van der Waals surface area contributed by atoms with E-state index < -0.39 is 0 Å². The first-order valence-electron chi connectivity index (χ1n) is 11.7.